The second-order valence-electron chi connectivity index (χ2n) is 6.51. The number of halogens is 1. The van der Waals surface area contributed by atoms with Crippen molar-refractivity contribution in [3.8, 4) is 11.4 Å². The highest BCUT2D eigenvalue weighted by atomic mass is 79.9. The lowest BCUT2D eigenvalue weighted by atomic mass is 10.2. The van der Waals surface area contributed by atoms with E-state index in [1.54, 1.807) is 0 Å². The molecule has 10 heteroatoms. The number of piperazine rings is 1. The van der Waals surface area contributed by atoms with Gasteiger partial charge in [-0.05, 0) is 76.2 Å². The smallest absolute Gasteiger partial charge is 0.204 e. The first-order valence-corrected chi connectivity index (χ1v) is 10.1. The van der Waals surface area contributed by atoms with E-state index < -0.39 is 0 Å². The number of aromatic amines is 1. The minimum absolute atomic E-state index is 0.571. The van der Waals surface area contributed by atoms with Crippen LogP contribution in [0.25, 0.3) is 11.4 Å². The Kier molecular flexibility index (Phi) is 5.49. The SMILES string of the molecule is Cc1cc(Br)cnc1N1CCN(C(=S)Nc2ccc(-c3nn[nH]n3)cc2)CC1. The summed E-state index contributed by atoms with van der Waals surface area (Å²) in [5.41, 5.74) is 3.01. The van der Waals surface area contributed by atoms with Crippen molar-refractivity contribution >= 4 is 44.8 Å². The molecule has 0 aliphatic carbocycles. The van der Waals surface area contributed by atoms with Crippen LogP contribution < -0.4 is 10.2 Å². The van der Waals surface area contributed by atoms with Crippen LogP contribution in [0.3, 0.4) is 0 Å². The average molecular weight is 459 g/mol. The number of anilines is 2. The Morgan fingerprint density at radius 2 is 1.93 bits per heavy atom. The van der Waals surface area contributed by atoms with Crippen molar-refractivity contribution in [1.29, 1.82) is 0 Å². The maximum absolute atomic E-state index is 5.60. The molecule has 1 aromatic carbocycles. The fourth-order valence-corrected chi connectivity index (χ4v) is 3.92. The summed E-state index contributed by atoms with van der Waals surface area (Å²) in [6, 6.07) is 9.90. The minimum atomic E-state index is 0.571. The van der Waals surface area contributed by atoms with Gasteiger partial charge in [0.25, 0.3) is 0 Å². The van der Waals surface area contributed by atoms with Crippen LogP contribution in [0.5, 0.6) is 0 Å². The molecule has 1 aliphatic heterocycles. The number of thiocarbonyl (C=S) groups is 1. The van der Waals surface area contributed by atoms with Crippen molar-refractivity contribution in [2.24, 2.45) is 0 Å². The molecule has 3 heterocycles. The molecule has 0 saturated carbocycles. The van der Waals surface area contributed by atoms with Gasteiger partial charge in [-0.25, -0.2) is 4.98 Å². The van der Waals surface area contributed by atoms with Gasteiger partial charge in [-0.2, -0.15) is 5.21 Å². The highest BCUT2D eigenvalue weighted by Crippen LogP contribution is 2.22. The quantitative estimate of drug-likeness (QED) is 0.579. The number of benzene rings is 1. The van der Waals surface area contributed by atoms with E-state index in [1.165, 1.54) is 5.56 Å². The van der Waals surface area contributed by atoms with Crippen molar-refractivity contribution in [3.63, 3.8) is 0 Å². The molecule has 8 nitrogen and oxygen atoms in total. The van der Waals surface area contributed by atoms with Gasteiger partial charge in [0.2, 0.25) is 5.82 Å². The zero-order valence-electron chi connectivity index (χ0n) is 15.3. The first-order valence-electron chi connectivity index (χ1n) is 8.87. The number of pyridine rings is 1. The van der Waals surface area contributed by atoms with Crippen LogP contribution >= 0.6 is 28.1 Å². The van der Waals surface area contributed by atoms with Crippen LogP contribution in [0.4, 0.5) is 11.5 Å². The van der Waals surface area contributed by atoms with E-state index in [0.717, 1.165) is 52.8 Å². The van der Waals surface area contributed by atoms with Crippen molar-refractivity contribution in [3.05, 3.63) is 46.6 Å². The van der Waals surface area contributed by atoms with Crippen LogP contribution in [0.1, 0.15) is 5.56 Å². The molecule has 1 fully saturated rings. The summed E-state index contributed by atoms with van der Waals surface area (Å²) in [5.74, 6) is 1.61. The van der Waals surface area contributed by atoms with Crippen LogP contribution in [-0.4, -0.2) is 61.8 Å². The molecule has 144 valence electrons. The van der Waals surface area contributed by atoms with E-state index in [4.69, 9.17) is 12.2 Å². The summed E-state index contributed by atoms with van der Waals surface area (Å²) in [5, 5.41) is 18.0. The Bertz CT molecular complexity index is 952. The summed E-state index contributed by atoms with van der Waals surface area (Å²) in [6.45, 7) is 5.56. The fourth-order valence-electron chi connectivity index (χ4n) is 3.17. The van der Waals surface area contributed by atoms with E-state index in [9.17, 15) is 0 Å². The second-order valence-corrected chi connectivity index (χ2v) is 7.81. The number of rotatable bonds is 3. The molecule has 0 amide bonds. The first kappa shape index (κ1) is 18.8. The third-order valence-corrected chi connectivity index (χ3v) is 5.42. The van der Waals surface area contributed by atoms with Crippen molar-refractivity contribution < 1.29 is 0 Å². The number of aryl methyl sites for hydroxylation is 1. The lowest BCUT2D eigenvalue weighted by Crippen LogP contribution is -2.50. The first-order chi connectivity index (χ1) is 13.6. The zero-order chi connectivity index (χ0) is 19.5. The summed E-state index contributed by atoms with van der Waals surface area (Å²) < 4.78 is 1.00. The highest BCUT2D eigenvalue weighted by molar-refractivity contribution is 9.10. The van der Waals surface area contributed by atoms with Crippen LogP contribution in [-0.2, 0) is 0 Å². The largest absolute Gasteiger partial charge is 0.353 e. The predicted octanol–water partition coefficient (Wildman–Crippen LogP) is 2.85. The maximum atomic E-state index is 5.60. The third kappa shape index (κ3) is 4.12. The van der Waals surface area contributed by atoms with Gasteiger partial charge >= 0.3 is 0 Å². The Labute approximate surface area is 176 Å². The standard InChI is InChI=1S/C18H19BrN8S/c1-12-10-14(19)11-20-17(12)26-6-8-27(9-7-26)18(28)21-15-4-2-13(3-5-15)16-22-24-25-23-16/h2-5,10-11H,6-9H2,1H3,(H,21,28)(H,22,23,24,25). The number of hydrogen-bond donors (Lipinski definition) is 2. The van der Waals surface area contributed by atoms with Gasteiger partial charge in [0.1, 0.15) is 5.82 Å². The Balaban J connectivity index is 1.34. The molecule has 0 bridgehead atoms. The molecular weight excluding hydrogens is 440 g/mol. The number of aromatic nitrogens is 5. The number of H-pyrrole nitrogens is 1. The normalized spacial score (nSPS) is 14.2. The summed E-state index contributed by atoms with van der Waals surface area (Å²) >= 11 is 9.07. The van der Waals surface area contributed by atoms with Crippen molar-refractivity contribution in [2.75, 3.05) is 36.4 Å². The Morgan fingerprint density at radius 3 is 2.57 bits per heavy atom. The number of nitrogens with zero attached hydrogens (tertiary/aromatic N) is 6. The van der Waals surface area contributed by atoms with Crippen LogP contribution in [0.2, 0.25) is 0 Å². The molecule has 0 unspecified atom stereocenters. The second kappa shape index (κ2) is 8.19. The molecule has 3 aromatic rings. The fraction of sp³-hybridized carbons (Fsp3) is 0.278. The Hall–Kier alpha value is -2.59. The van der Waals surface area contributed by atoms with Gasteiger partial charge in [-0.3, -0.25) is 0 Å². The topological polar surface area (TPSA) is 85.9 Å². The number of nitrogens with one attached hydrogen (secondary N) is 2. The molecule has 1 aliphatic rings. The van der Waals surface area contributed by atoms with E-state index in [1.807, 2.05) is 30.5 Å². The van der Waals surface area contributed by atoms with E-state index in [2.05, 4.69) is 69.6 Å². The molecule has 28 heavy (non-hydrogen) atoms. The molecule has 2 N–H and O–H groups in total. The molecule has 0 spiro atoms. The Morgan fingerprint density at radius 1 is 1.18 bits per heavy atom. The van der Waals surface area contributed by atoms with Gasteiger partial charge in [0, 0.05) is 48.1 Å². The monoisotopic (exact) mass is 458 g/mol. The van der Waals surface area contributed by atoms with Gasteiger partial charge in [-0.15, -0.1) is 10.2 Å². The maximum Gasteiger partial charge on any atom is 0.204 e. The number of tetrazole rings is 1. The van der Waals surface area contributed by atoms with Crippen LogP contribution in [0, 0.1) is 6.92 Å². The molecule has 0 radical (unpaired) electrons. The summed E-state index contributed by atoms with van der Waals surface area (Å²) in [6.07, 6.45) is 1.85. The highest BCUT2D eigenvalue weighted by Gasteiger charge is 2.21. The number of hydrogen-bond acceptors (Lipinski definition) is 6. The summed E-state index contributed by atoms with van der Waals surface area (Å²) in [7, 11) is 0. The predicted molar refractivity (Wildman–Crippen MR) is 116 cm³/mol. The van der Waals surface area contributed by atoms with E-state index in [0.29, 0.717) is 5.82 Å². The van der Waals surface area contributed by atoms with Gasteiger partial charge in [0.15, 0.2) is 5.11 Å². The van der Waals surface area contributed by atoms with Gasteiger partial charge in [-0.1, -0.05) is 0 Å². The van der Waals surface area contributed by atoms with Gasteiger partial charge in [0.05, 0.1) is 0 Å². The molecule has 2 aromatic heterocycles. The molecule has 4 rings (SSSR count). The molecular formula is C18H19BrN8S. The van der Waals surface area contributed by atoms with Gasteiger partial charge < -0.3 is 15.1 Å². The van der Waals surface area contributed by atoms with Crippen molar-refractivity contribution in [2.45, 2.75) is 6.92 Å². The zero-order valence-corrected chi connectivity index (χ0v) is 17.7. The summed E-state index contributed by atoms with van der Waals surface area (Å²) in [4.78, 5) is 9.06. The molecule has 1 saturated heterocycles. The van der Waals surface area contributed by atoms with Crippen molar-refractivity contribution in [1.82, 2.24) is 30.5 Å². The third-order valence-electron chi connectivity index (χ3n) is 4.62. The molecule has 0 atom stereocenters. The average Bonchev–Trinajstić information content (AvgIpc) is 3.24. The lowest BCUT2D eigenvalue weighted by Gasteiger charge is -2.37. The van der Waals surface area contributed by atoms with E-state index >= 15 is 0 Å². The van der Waals surface area contributed by atoms with E-state index in [-0.39, 0.29) is 0 Å². The lowest BCUT2D eigenvalue weighted by molar-refractivity contribution is 0.389. The van der Waals surface area contributed by atoms with Crippen LogP contribution in [0.15, 0.2) is 41.0 Å². The minimum Gasteiger partial charge on any atom is -0.353 e.